The maximum absolute atomic E-state index is 12.8. The molecule has 0 aliphatic carbocycles. The first-order valence-electron chi connectivity index (χ1n) is 10.1. The van der Waals surface area contributed by atoms with E-state index in [2.05, 4.69) is 17.3 Å². The first kappa shape index (κ1) is 20.9. The Bertz CT molecular complexity index is 860. The van der Waals surface area contributed by atoms with Crippen LogP contribution in [0.5, 0.6) is 5.75 Å². The molecule has 29 heavy (non-hydrogen) atoms. The summed E-state index contributed by atoms with van der Waals surface area (Å²) in [6.45, 7) is 7.04. The largest absolute Gasteiger partial charge is 0.480 e. The van der Waals surface area contributed by atoms with Crippen LogP contribution in [0.2, 0.25) is 0 Å². The molecule has 0 radical (unpaired) electrons. The number of nitrogens with zero attached hydrogens (tertiary/aromatic N) is 2. The molecule has 154 valence electrons. The summed E-state index contributed by atoms with van der Waals surface area (Å²) in [5, 5.41) is 2.89. The molecule has 0 bridgehead atoms. The second-order valence-electron chi connectivity index (χ2n) is 7.45. The smallest absolute Gasteiger partial charge is 0.265 e. The molecule has 1 atom stereocenters. The quantitative estimate of drug-likeness (QED) is 0.816. The molecule has 6 nitrogen and oxygen atoms in total. The van der Waals surface area contributed by atoms with Crippen LogP contribution in [0.4, 0.5) is 5.69 Å². The van der Waals surface area contributed by atoms with E-state index < -0.39 is 6.10 Å². The lowest BCUT2D eigenvalue weighted by atomic mass is 10.1. The van der Waals surface area contributed by atoms with Gasteiger partial charge in [-0.3, -0.25) is 9.59 Å². The molecule has 2 amide bonds. The van der Waals surface area contributed by atoms with Gasteiger partial charge in [-0.05, 0) is 50.2 Å². The summed E-state index contributed by atoms with van der Waals surface area (Å²) in [4.78, 5) is 29.6. The van der Waals surface area contributed by atoms with Gasteiger partial charge in [0.2, 0.25) is 0 Å². The van der Waals surface area contributed by atoms with Crippen LogP contribution in [-0.2, 0) is 4.79 Å². The fourth-order valence-electron chi connectivity index (χ4n) is 3.31. The minimum atomic E-state index is -0.604. The first-order valence-corrected chi connectivity index (χ1v) is 10.1. The second-order valence-corrected chi connectivity index (χ2v) is 7.45. The number of carbonyl (C=O) groups is 2. The number of likely N-dealkylation sites (N-methyl/N-ethyl adjacent to an activating group) is 1. The minimum absolute atomic E-state index is 0.00241. The SMILES string of the molecule is CCC(Oc1ccccc1C)C(=O)Nc1cccc(C(=O)N2CCN(C)CC2)c1. The molecule has 0 saturated carbocycles. The summed E-state index contributed by atoms with van der Waals surface area (Å²) < 4.78 is 5.92. The molecule has 2 aromatic carbocycles. The Morgan fingerprint density at radius 2 is 1.79 bits per heavy atom. The highest BCUT2D eigenvalue weighted by molar-refractivity contribution is 5.98. The average molecular weight is 396 g/mol. The van der Waals surface area contributed by atoms with Crippen molar-refractivity contribution in [3.8, 4) is 5.75 Å². The van der Waals surface area contributed by atoms with Crippen molar-refractivity contribution < 1.29 is 14.3 Å². The van der Waals surface area contributed by atoms with Crippen LogP contribution in [0.25, 0.3) is 0 Å². The highest BCUT2D eigenvalue weighted by Crippen LogP contribution is 2.20. The molecule has 1 unspecified atom stereocenters. The fraction of sp³-hybridized carbons (Fsp3) is 0.391. The van der Waals surface area contributed by atoms with E-state index in [9.17, 15) is 9.59 Å². The number of ether oxygens (including phenoxy) is 1. The van der Waals surface area contributed by atoms with Gasteiger partial charge < -0.3 is 19.9 Å². The number of nitrogens with one attached hydrogen (secondary N) is 1. The van der Waals surface area contributed by atoms with E-state index >= 15 is 0 Å². The molecule has 3 rings (SSSR count). The van der Waals surface area contributed by atoms with Gasteiger partial charge in [-0.25, -0.2) is 0 Å². The van der Waals surface area contributed by atoms with Gasteiger partial charge >= 0.3 is 0 Å². The van der Waals surface area contributed by atoms with Gasteiger partial charge in [0.15, 0.2) is 6.10 Å². The van der Waals surface area contributed by atoms with Crippen LogP contribution in [0, 0.1) is 6.92 Å². The van der Waals surface area contributed by atoms with Crippen molar-refractivity contribution in [2.75, 3.05) is 38.5 Å². The first-order chi connectivity index (χ1) is 14.0. The monoisotopic (exact) mass is 395 g/mol. The van der Waals surface area contributed by atoms with Crippen molar-refractivity contribution in [1.29, 1.82) is 0 Å². The van der Waals surface area contributed by atoms with Gasteiger partial charge in [0.1, 0.15) is 5.75 Å². The molecule has 2 aromatic rings. The molecule has 6 heteroatoms. The Balaban J connectivity index is 1.66. The Morgan fingerprint density at radius 3 is 2.48 bits per heavy atom. The number of piperazine rings is 1. The molecule has 1 heterocycles. The zero-order valence-electron chi connectivity index (χ0n) is 17.4. The highest BCUT2D eigenvalue weighted by Gasteiger charge is 2.22. The van der Waals surface area contributed by atoms with Crippen LogP contribution in [-0.4, -0.2) is 60.9 Å². The van der Waals surface area contributed by atoms with Crippen LogP contribution in [0.15, 0.2) is 48.5 Å². The van der Waals surface area contributed by atoms with Crippen molar-refractivity contribution in [2.45, 2.75) is 26.4 Å². The van der Waals surface area contributed by atoms with Gasteiger partial charge in [0.05, 0.1) is 0 Å². The van der Waals surface area contributed by atoms with Crippen LogP contribution in [0.1, 0.15) is 29.3 Å². The maximum Gasteiger partial charge on any atom is 0.265 e. The van der Waals surface area contributed by atoms with E-state index in [-0.39, 0.29) is 11.8 Å². The predicted octanol–water partition coefficient (Wildman–Crippen LogP) is 3.18. The van der Waals surface area contributed by atoms with Crippen LogP contribution >= 0.6 is 0 Å². The summed E-state index contributed by atoms with van der Waals surface area (Å²) in [6.07, 6.45) is -0.0619. The van der Waals surface area contributed by atoms with Crippen molar-refractivity contribution in [3.05, 3.63) is 59.7 Å². The molecule has 1 aliphatic heterocycles. The number of hydrogen-bond donors (Lipinski definition) is 1. The summed E-state index contributed by atoms with van der Waals surface area (Å²) in [5.74, 6) is 0.478. The lowest BCUT2D eigenvalue weighted by molar-refractivity contribution is -0.122. The zero-order chi connectivity index (χ0) is 20.8. The topological polar surface area (TPSA) is 61.9 Å². The van der Waals surface area contributed by atoms with Crippen molar-refractivity contribution in [3.63, 3.8) is 0 Å². The summed E-state index contributed by atoms with van der Waals surface area (Å²) in [7, 11) is 2.06. The molecule has 0 aromatic heterocycles. The lowest BCUT2D eigenvalue weighted by Gasteiger charge is -2.32. The maximum atomic E-state index is 12.8. The summed E-state index contributed by atoms with van der Waals surface area (Å²) in [5.41, 5.74) is 2.17. The Kier molecular flexibility index (Phi) is 6.88. The van der Waals surface area contributed by atoms with Gasteiger partial charge in [0.25, 0.3) is 11.8 Å². The summed E-state index contributed by atoms with van der Waals surface area (Å²) >= 11 is 0. The van der Waals surface area contributed by atoms with E-state index in [4.69, 9.17) is 4.74 Å². The average Bonchev–Trinajstić information content (AvgIpc) is 2.73. The molecule has 1 fully saturated rings. The number of carbonyl (C=O) groups excluding carboxylic acids is 2. The van der Waals surface area contributed by atoms with Crippen molar-refractivity contribution in [1.82, 2.24) is 9.80 Å². The Labute approximate surface area is 172 Å². The third kappa shape index (κ3) is 5.35. The van der Waals surface area contributed by atoms with Gasteiger partial charge in [0, 0.05) is 37.4 Å². The minimum Gasteiger partial charge on any atom is -0.480 e. The molecule has 0 spiro atoms. The number of aryl methyl sites for hydroxylation is 1. The third-order valence-electron chi connectivity index (χ3n) is 5.19. The van der Waals surface area contributed by atoms with Crippen molar-refractivity contribution >= 4 is 17.5 Å². The zero-order valence-corrected chi connectivity index (χ0v) is 17.4. The second kappa shape index (κ2) is 9.56. The fourth-order valence-corrected chi connectivity index (χ4v) is 3.31. The lowest BCUT2D eigenvalue weighted by Crippen LogP contribution is -2.47. The van der Waals surface area contributed by atoms with Crippen LogP contribution in [0.3, 0.4) is 0 Å². The predicted molar refractivity (Wildman–Crippen MR) is 114 cm³/mol. The Morgan fingerprint density at radius 1 is 1.07 bits per heavy atom. The van der Waals surface area contributed by atoms with Crippen LogP contribution < -0.4 is 10.1 Å². The van der Waals surface area contributed by atoms with E-state index in [0.29, 0.717) is 36.5 Å². The number of hydrogen-bond acceptors (Lipinski definition) is 4. The van der Waals surface area contributed by atoms with Gasteiger partial charge in [-0.2, -0.15) is 0 Å². The molecule has 1 saturated heterocycles. The Hall–Kier alpha value is -2.86. The molecular formula is C23H29N3O3. The highest BCUT2D eigenvalue weighted by atomic mass is 16.5. The number of amides is 2. The van der Waals surface area contributed by atoms with E-state index in [0.717, 1.165) is 18.7 Å². The van der Waals surface area contributed by atoms with Crippen molar-refractivity contribution in [2.24, 2.45) is 0 Å². The number of para-hydroxylation sites is 1. The van der Waals surface area contributed by atoms with Gasteiger partial charge in [-0.1, -0.05) is 31.2 Å². The molecule has 1 aliphatic rings. The molecule has 1 N–H and O–H groups in total. The standard InChI is InChI=1S/C23H29N3O3/c1-4-20(29-21-11-6-5-8-17(21)2)22(27)24-19-10-7-9-18(16-19)23(28)26-14-12-25(3)13-15-26/h5-11,16,20H,4,12-15H2,1-3H3,(H,24,27). The summed E-state index contributed by atoms with van der Waals surface area (Å²) in [6, 6.07) is 14.7. The normalized spacial score (nSPS) is 15.6. The molecular weight excluding hydrogens is 366 g/mol. The third-order valence-corrected chi connectivity index (χ3v) is 5.19. The van der Waals surface area contributed by atoms with E-state index in [1.807, 2.05) is 43.0 Å². The van der Waals surface area contributed by atoms with E-state index in [1.165, 1.54) is 0 Å². The van der Waals surface area contributed by atoms with E-state index in [1.54, 1.807) is 24.3 Å². The number of benzene rings is 2. The van der Waals surface area contributed by atoms with Gasteiger partial charge in [-0.15, -0.1) is 0 Å². The number of anilines is 1. The number of rotatable bonds is 6.